The lowest BCUT2D eigenvalue weighted by Crippen LogP contribution is -2.51. The first-order valence-electron chi connectivity index (χ1n) is 10.7. The molecular formula is C28H19F3N2O. The molecule has 3 nitrogen and oxygen atoms in total. The molecule has 0 bridgehead atoms. The SMILES string of the molecule is N=C1C(=O)N(C(c2ccccc2)(c2ccccc2)c2ccccc2)c2cc(C(F)(F)F)ccc21. The number of alkyl halides is 3. The van der Waals surface area contributed by atoms with E-state index in [2.05, 4.69) is 0 Å². The third kappa shape index (κ3) is 3.22. The molecule has 5 rings (SSSR count). The molecule has 0 aliphatic carbocycles. The lowest BCUT2D eigenvalue weighted by atomic mass is 9.75. The number of nitrogens with one attached hydrogen (secondary N) is 1. The second-order valence-corrected chi connectivity index (χ2v) is 8.05. The van der Waals surface area contributed by atoms with Crippen LogP contribution in [0.25, 0.3) is 0 Å². The Balaban J connectivity index is 1.92. The van der Waals surface area contributed by atoms with E-state index in [4.69, 9.17) is 5.41 Å². The van der Waals surface area contributed by atoms with Crippen molar-refractivity contribution >= 4 is 17.3 Å². The summed E-state index contributed by atoms with van der Waals surface area (Å²) >= 11 is 0. The summed E-state index contributed by atoms with van der Waals surface area (Å²) in [4.78, 5) is 15.1. The molecule has 0 unspecified atom stereocenters. The second kappa shape index (κ2) is 7.99. The number of fused-ring (bicyclic) bond motifs is 1. The van der Waals surface area contributed by atoms with Crippen LogP contribution in [0.2, 0.25) is 0 Å². The monoisotopic (exact) mass is 456 g/mol. The van der Waals surface area contributed by atoms with E-state index in [9.17, 15) is 18.0 Å². The average Bonchev–Trinajstić information content (AvgIpc) is 3.11. The fourth-order valence-corrected chi connectivity index (χ4v) is 4.70. The molecule has 1 aliphatic rings. The van der Waals surface area contributed by atoms with Gasteiger partial charge in [-0.25, -0.2) is 0 Å². The Morgan fingerprint density at radius 3 is 1.47 bits per heavy atom. The van der Waals surface area contributed by atoms with Gasteiger partial charge in [0.1, 0.15) is 11.3 Å². The van der Waals surface area contributed by atoms with Crippen molar-refractivity contribution < 1.29 is 18.0 Å². The number of carbonyl (C=O) groups is 1. The summed E-state index contributed by atoms with van der Waals surface area (Å²) in [5.41, 5.74) is -0.205. The molecule has 1 aliphatic heterocycles. The van der Waals surface area contributed by atoms with Crippen molar-refractivity contribution in [2.75, 3.05) is 4.90 Å². The maximum atomic E-state index is 13.7. The third-order valence-corrected chi connectivity index (χ3v) is 6.16. The van der Waals surface area contributed by atoms with Crippen LogP contribution in [0.5, 0.6) is 0 Å². The van der Waals surface area contributed by atoms with Crippen molar-refractivity contribution in [1.29, 1.82) is 5.41 Å². The highest BCUT2D eigenvalue weighted by Gasteiger charge is 2.51. The summed E-state index contributed by atoms with van der Waals surface area (Å²) < 4.78 is 41.1. The Kier molecular flexibility index (Phi) is 5.09. The van der Waals surface area contributed by atoms with Gasteiger partial charge in [0.2, 0.25) is 0 Å². The van der Waals surface area contributed by atoms with Gasteiger partial charge in [0.05, 0.1) is 11.3 Å². The van der Waals surface area contributed by atoms with Gasteiger partial charge >= 0.3 is 6.18 Å². The molecule has 1 N–H and O–H groups in total. The molecule has 0 aromatic heterocycles. The summed E-state index contributed by atoms with van der Waals surface area (Å²) in [5, 5.41) is 8.49. The number of amides is 1. The van der Waals surface area contributed by atoms with Crippen molar-refractivity contribution in [3.05, 3.63) is 137 Å². The predicted molar refractivity (Wildman–Crippen MR) is 125 cm³/mol. The lowest BCUT2D eigenvalue weighted by molar-refractivity contribution is -0.137. The second-order valence-electron chi connectivity index (χ2n) is 8.05. The van der Waals surface area contributed by atoms with Crippen LogP contribution in [0, 0.1) is 5.41 Å². The number of halogens is 3. The summed E-state index contributed by atoms with van der Waals surface area (Å²) in [7, 11) is 0. The molecule has 1 heterocycles. The summed E-state index contributed by atoms with van der Waals surface area (Å²) in [6, 6.07) is 30.7. The van der Waals surface area contributed by atoms with Gasteiger partial charge in [-0.3, -0.25) is 15.1 Å². The maximum Gasteiger partial charge on any atom is 0.416 e. The van der Waals surface area contributed by atoms with Gasteiger partial charge in [0.15, 0.2) is 0 Å². The van der Waals surface area contributed by atoms with E-state index < -0.39 is 23.2 Å². The van der Waals surface area contributed by atoms with Crippen LogP contribution in [0.15, 0.2) is 109 Å². The van der Waals surface area contributed by atoms with Crippen LogP contribution in [0.1, 0.15) is 27.8 Å². The minimum Gasteiger partial charge on any atom is -0.295 e. The third-order valence-electron chi connectivity index (χ3n) is 6.16. The molecule has 0 saturated heterocycles. The number of hydrogen-bond donors (Lipinski definition) is 1. The molecule has 34 heavy (non-hydrogen) atoms. The van der Waals surface area contributed by atoms with Gasteiger partial charge < -0.3 is 0 Å². The van der Waals surface area contributed by atoms with Crippen LogP contribution in [-0.4, -0.2) is 11.6 Å². The minimum absolute atomic E-state index is 0.0568. The van der Waals surface area contributed by atoms with Gasteiger partial charge in [-0.05, 0) is 34.9 Å². The van der Waals surface area contributed by atoms with Gasteiger partial charge in [0.25, 0.3) is 5.91 Å². The minimum atomic E-state index is -4.59. The highest BCUT2D eigenvalue weighted by molar-refractivity contribution is 6.53. The molecule has 1 amide bonds. The summed E-state index contributed by atoms with van der Waals surface area (Å²) in [6.07, 6.45) is -4.59. The van der Waals surface area contributed by atoms with Gasteiger partial charge in [-0.1, -0.05) is 91.0 Å². The Morgan fingerprint density at radius 1 is 0.618 bits per heavy atom. The van der Waals surface area contributed by atoms with Crippen molar-refractivity contribution in [1.82, 2.24) is 0 Å². The van der Waals surface area contributed by atoms with E-state index in [0.717, 1.165) is 12.1 Å². The molecular weight excluding hydrogens is 437 g/mol. The Bertz CT molecular complexity index is 1270. The summed E-state index contributed by atoms with van der Waals surface area (Å²) in [5.74, 6) is -0.661. The number of benzene rings is 4. The first kappa shape index (κ1) is 21.6. The molecule has 0 atom stereocenters. The fraction of sp³-hybridized carbons (Fsp3) is 0.0714. The van der Waals surface area contributed by atoms with Crippen LogP contribution in [0.4, 0.5) is 18.9 Å². The van der Waals surface area contributed by atoms with Crippen molar-refractivity contribution in [3.8, 4) is 0 Å². The van der Waals surface area contributed by atoms with Crippen LogP contribution in [0.3, 0.4) is 0 Å². The number of nitrogens with zero attached hydrogens (tertiary/aromatic N) is 1. The molecule has 4 aromatic rings. The highest BCUT2D eigenvalue weighted by atomic mass is 19.4. The van der Waals surface area contributed by atoms with Gasteiger partial charge in [-0.15, -0.1) is 0 Å². The molecule has 0 radical (unpaired) electrons. The molecule has 6 heteroatoms. The Labute approximate surface area is 194 Å². The Hall–Kier alpha value is -4.19. The van der Waals surface area contributed by atoms with Crippen LogP contribution in [-0.2, 0) is 16.5 Å². The van der Waals surface area contributed by atoms with E-state index in [1.165, 1.54) is 11.0 Å². The molecule has 168 valence electrons. The summed E-state index contributed by atoms with van der Waals surface area (Å²) in [6.45, 7) is 0. The first-order chi connectivity index (χ1) is 16.3. The van der Waals surface area contributed by atoms with E-state index in [1.54, 1.807) is 0 Å². The predicted octanol–water partition coefficient (Wildman–Crippen LogP) is 6.41. The molecule has 4 aromatic carbocycles. The molecule has 0 fully saturated rings. The zero-order valence-electron chi connectivity index (χ0n) is 17.9. The zero-order valence-corrected chi connectivity index (χ0v) is 17.9. The van der Waals surface area contributed by atoms with E-state index in [-0.39, 0.29) is 17.0 Å². The number of carbonyl (C=O) groups excluding carboxylic acids is 1. The van der Waals surface area contributed by atoms with E-state index in [1.807, 2.05) is 91.0 Å². The quantitative estimate of drug-likeness (QED) is 0.354. The Morgan fingerprint density at radius 2 is 1.06 bits per heavy atom. The first-order valence-corrected chi connectivity index (χ1v) is 10.7. The van der Waals surface area contributed by atoms with Crippen molar-refractivity contribution in [2.45, 2.75) is 11.7 Å². The van der Waals surface area contributed by atoms with E-state index in [0.29, 0.717) is 16.7 Å². The molecule has 0 spiro atoms. The topological polar surface area (TPSA) is 44.2 Å². The number of hydrogen-bond acceptors (Lipinski definition) is 2. The average molecular weight is 456 g/mol. The molecule has 0 saturated carbocycles. The van der Waals surface area contributed by atoms with Gasteiger partial charge in [-0.2, -0.15) is 13.2 Å². The number of rotatable bonds is 4. The standard InChI is InChI=1S/C28H19F3N2O/c29-28(30,31)22-16-17-23-24(18-22)33(26(34)25(23)32)27(19-10-4-1-5-11-19,20-12-6-2-7-13-20)21-14-8-3-9-15-21/h1-18,32H. The fourth-order valence-electron chi connectivity index (χ4n) is 4.70. The normalized spacial score (nSPS) is 13.8. The van der Waals surface area contributed by atoms with Crippen molar-refractivity contribution in [2.24, 2.45) is 0 Å². The van der Waals surface area contributed by atoms with Gasteiger partial charge in [0, 0.05) is 5.56 Å². The lowest BCUT2D eigenvalue weighted by Gasteiger charge is -2.43. The maximum absolute atomic E-state index is 13.7. The number of anilines is 1. The highest BCUT2D eigenvalue weighted by Crippen LogP contribution is 2.49. The van der Waals surface area contributed by atoms with Crippen LogP contribution < -0.4 is 4.90 Å². The zero-order chi connectivity index (χ0) is 23.9. The van der Waals surface area contributed by atoms with Crippen molar-refractivity contribution in [3.63, 3.8) is 0 Å². The largest absolute Gasteiger partial charge is 0.416 e. The van der Waals surface area contributed by atoms with Crippen LogP contribution >= 0.6 is 0 Å². The van der Waals surface area contributed by atoms with E-state index >= 15 is 0 Å². The smallest absolute Gasteiger partial charge is 0.295 e.